The van der Waals surface area contributed by atoms with Crippen LogP contribution in [0.5, 0.6) is 0 Å². The van der Waals surface area contributed by atoms with Crippen LogP contribution < -0.4 is 5.73 Å². The van der Waals surface area contributed by atoms with Crippen LogP contribution in [-0.4, -0.2) is 4.98 Å². The van der Waals surface area contributed by atoms with Crippen LogP contribution in [0.2, 0.25) is 10.0 Å². The minimum atomic E-state index is -0.769. The van der Waals surface area contributed by atoms with Crippen molar-refractivity contribution in [2.24, 2.45) is 5.73 Å². The normalized spacial score (nSPS) is 14.5. The van der Waals surface area contributed by atoms with Crippen LogP contribution in [0.25, 0.3) is 0 Å². The smallest absolute Gasteiger partial charge is 0.142 e. The number of halogens is 3. The Balaban J connectivity index is 2.37. The summed E-state index contributed by atoms with van der Waals surface area (Å²) in [6.45, 7) is 1.81. The van der Waals surface area contributed by atoms with E-state index in [9.17, 15) is 4.39 Å². The van der Waals surface area contributed by atoms with Crippen LogP contribution in [0, 0.1) is 5.82 Å². The Bertz CT molecular complexity index is 555. The van der Waals surface area contributed by atoms with Crippen molar-refractivity contribution in [2.45, 2.75) is 18.9 Å². The molecule has 1 unspecified atom stereocenters. The molecule has 18 heavy (non-hydrogen) atoms. The molecule has 1 aromatic heterocycles. The lowest BCUT2D eigenvalue weighted by molar-refractivity contribution is 0.490. The topological polar surface area (TPSA) is 38.9 Å². The summed E-state index contributed by atoms with van der Waals surface area (Å²) in [6, 6.07) is 2.68. The highest BCUT2D eigenvalue weighted by molar-refractivity contribution is 7.09. The zero-order valence-corrected chi connectivity index (χ0v) is 11.9. The van der Waals surface area contributed by atoms with E-state index in [1.165, 1.54) is 23.5 Å². The summed E-state index contributed by atoms with van der Waals surface area (Å²) in [5.41, 5.74) is 7.74. The molecule has 0 aliphatic heterocycles. The van der Waals surface area contributed by atoms with Crippen molar-refractivity contribution in [3.63, 3.8) is 0 Å². The lowest BCUT2D eigenvalue weighted by Gasteiger charge is -2.26. The van der Waals surface area contributed by atoms with Gasteiger partial charge < -0.3 is 5.73 Å². The highest BCUT2D eigenvalue weighted by atomic mass is 35.5. The number of aromatic nitrogens is 1. The van der Waals surface area contributed by atoms with Gasteiger partial charge in [-0.1, -0.05) is 23.2 Å². The van der Waals surface area contributed by atoms with Gasteiger partial charge in [-0.25, -0.2) is 4.39 Å². The summed E-state index contributed by atoms with van der Waals surface area (Å²) in [5.74, 6) is -0.517. The van der Waals surface area contributed by atoms with E-state index in [0.717, 1.165) is 4.88 Å². The Labute approximate surface area is 119 Å². The first-order valence-electron chi connectivity index (χ1n) is 5.21. The summed E-state index contributed by atoms with van der Waals surface area (Å²) in [4.78, 5) is 5.01. The molecular formula is C12H11Cl2FN2S. The minimum Gasteiger partial charge on any atom is -0.321 e. The van der Waals surface area contributed by atoms with Crippen molar-refractivity contribution in [1.82, 2.24) is 4.98 Å². The molecule has 2 nitrogen and oxygen atoms in total. The van der Waals surface area contributed by atoms with Gasteiger partial charge in [0.2, 0.25) is 0 Å². The molecule has 2 rings (SSSR count). The second-order valence-corrected chi connectivity index (χ2v) is 6.09. The second-order valence-electron chi connectivity index (χ2n) is 4.31. The third-order valence-corrected chi connectivity index (χ3v) is 4.03. The summed E-state index contributed by atoms with van der Waals surface area (Å²) >= 11 is 13.3. The lowest BCUT2D eigenvalue weighted by Crippen LogP contribution is -2.35. The van der Waals surface area contributed by atoms with E-state index in [1.54, 1.807) is 18.6 Å². The Kier molecular flexibility index (Phi) is 3.92. The maximum atomic E-state index is 13.5. The van der Waals surface area contributed by atoms with E-state index in [4.69, 9.17) is 28.9 Å². The van der Waals surface area contributed by atoms with Gasteiger partial charge in [0.1, 0.15) is 5.82 Å². The van der Waals surface area contributed by atoms with Crippen LogP contribution in [0.3, 0.4) is 0 Å². The SMILES string of the molecule is CC(N)(Cc1cncs1)c1cc(F)c(Cl)cc1Cl. The Morgan fingerprint density at radius 2 is 2.11 bits per heavy atom. The maximum Gasteiger partial charge on any atom is 0.142 e. The average molecular weight is 305 g/mol. The molecule has 2 aromatic rings. The zero-order valence-electron chi connectivity index (χ0n) is 9.58. The zero-order chi connectivity index (χ0) is 13.3. The third-order valence-electron chi connectivity index (χ3n) is 2.65. The number of thiazole rings is 1. The largest absolute Gasteiger partial charge is 0.321 e. The van der Waals surface area contributed by atoms with Gasteiger partial charge in [0.15, 0.2) is 0 Å². The molecule has 0 spiro atoms. The molecule has 0 saturated heterocycles. The predicted molar refractivity (Wildman–Crippen MR) is 73.8 cm³/mol. The van der Waals surface area contributed by atoms with E-state index in [0.29, 0.717) is 17.0 Å². The van der Waals surface area contributed by atoms with E-state index >= 15 is 0 Å². The molecule has 1 aromatic carbocycles. The van der Waals surface area contributed by atoms with Gasteiger partial charge in [-0.3, -0.25) is 4.98 Å². The average Bonchev–Trinajstić information content (AvgIpc) is 2.75. The predicted octanol–water partition coefficient (Wildman–Crippen LogP) is 4.01. The Hall–Kier alpha value is -0.680. The fraction of sp³-hybridized carbons (Fsp3) is 0.250. The first-order valence-corrected chi connectivity index (χ1v) is 6.85. The molecule has 0 aliphatic carbocycles. The van der Waals surface area contributed by atoms with E-state index in [1.807, 2.05) is 0 Å². The number of nitrogens with zero attached hydrogens (tertiary/aromatic N) is 1. The number of hydrogen-bond donors (Lipinski definition) is 1. The number of rotatable bonds is 3. The van der Waals surface area contributed by atoms with Crippen LogP contribution in [-0.2, 0) is 12.0 Å². The van der Waals surface area contributed by atoms with Gasteiger partial charge in [-0.2, -0.15) is 0 Å². The van der Waals surface area contributed by atoms with Crippen molar-refractivity contribution in [3.8, 4) is 0 Å². The maximum absolute atomic E-state index is 13.5. The van der Waals surface area contributed by atoms with Crippen LogP contribution >= 0.6 is 34.5 Å². The molecule has 0 amide bonds. The number of benzene rings is 1. The summed E-state index contributed by atoms with van der Waals surface area (Å²) in [7, 11) is 0. The van der Waals surface area contributed by atoms with Crippen LogP contribution in [0.1, 0.15) is 17.4 Å². The Morgan fingerprint density at radius 1 is 1.39 bits per heavy atom. The molecular weight excluding hydrogens is 294 g/mol. The summed E-state index contributed by atoms with van der Waals surface area (Å²) in [5, 5.41) is 0.369. The lowest BCUT2D eigenvalue weighted by atomic mass is 9.89. The van der Waals surface area contributed by atoms with Gasteiger partial charge in [-0.15, -0.1) is 11.3 Å². The van der Waals surface area contributed by atoms with E-state index < -0.39 is 11.4 Å². The van der Waals surface area contributed by atoms with Gasteiger partial charge >= 0.3 is 0 Å². The van der Waals surface area contributed by atoms with Crippen molar-refractivity contribution < 1.29 is 4.39 Å². The molecule has 2 N–H and O–H groups in total. The van der Waals surface area contributed by atoms with Gasteiger partial charge in [0.05, 0.1) is 10.5 Å². The molecule has 0 saturated carbocycles. The van der Waals surface area contributed by atoms with Crippen LogP contribution in [0.4, 0.5) is 4.39 Å². The molecule has 96 valence electrons. The minimum absolute atomic E-state index is 0.00246. The second kappa shape index (κ2) is 5.13. The number of nitrogens with two attached hydrogens (primary N) is 1. The van der Waals surface area contributed by atoms with E-state index in [2.05, 4.69) is 4.98 Å². The summed E-state index contributed by atoms with van der Waals surface area (Å²) < 4.78 is 13.5. The molecule has 0 aliphatic rings. The van der Waals surface area contributed by atoms with Crippen molar-refractivity contribution in [3.05, 3.63) is 50.1 Å². The fourth-order valence-electron chi connectivity index (χ4n) is 1.75. The van der Waals surface area contributed by atoms with Crippen LogP contribution in [0.15, 0.2) is 23.8 Å². The highest BCUT2D eigenvalue weighted by Crippen LogP contribution is 2.33. The molecule has 0 radical (unpaired) electrons. The van der Waals surface area contributed by atoms with Crippen molar-refractivity contribution in [2.75, 3.05) is 0 Å². The summed E-state index contributed by atoms with van der Waals surface area (Å²) in [6.07, 6.45) is 2.29. The van der Waals surface area contributed by atoms with Crippen molar-refractivity contribution >= 4 is 34.5 Å². The quantitative estimate of drug-likeness (QED) is 0.870. The van der Waals surface area contributed by atoms with Crippen molar-refractivity contribution in [1.29, 1.82) is 0 Å². The van der Waals surface area contributed by atoms with Gasteiger partial charge in [-0.05, 0) is 24.6 Å². The first-order chi connectivity index (χ1) is 8.40. The van der Waals surface area contributed by atoms with E-state index in [-0.39, 0.29) is 5.02 Å². The third kappa shape index (κ3) is 2.83. The molecule has 1 heterocycles. The monoisotopic (exact) mass is 304 g/mol. The fourth-order valence-corrected chi connectivity index (χ4v) is 3.11. The molecule has 0 fully saturated rings. The first kappa shape index (κ1) is 13.7. The molecule has 6 heteroatoms. The number of hydrogen-bond acceptors (Lipinski definition) is 3. The molecule has 1 atom stereocenters. The highest BCUT2D eigenvalue weighted by Gasteiger charge is 2.26. The standard InChI is InChI=1S/C12H11Cl2FN2S/c1-12(16,4-7-5-17-6-18-7)8-2-11(15)10(14)3-9(8)13/h2-3,5-6H,4,16H2,1H3. The molecule has 0 bridgehead atoms. The van der Waals surface area contributed by atoms with Gasteiger partial charge in [0, 0.05) is 28.1 Å². The Morgan fingerprint density at radius 3 is 2.72 bits per heavy atom. The van der Waals surface area contributed by atoms with Gasteiger partial charge in [0.25, 0.3) is 0 Å².